The van der Waals surface area contributed by atoms with E-state index in [0.717, 1.165) is 6.08 Å². The van der Waals surface area contributed by atoms with Crippen LogP contribution in [0.1, 0.15) is 13.8 Å². The Morgan fingerprint density at radius 1 is 1.16 bits per heavy atom. The Hall–Kier alpha value is -2.37. The van der Waals surface area contributed by atoms with E-state index in [0.29, 0.717) is 0 Å². The predicted molar refractivity (Wildman–Crippen MR) is 68.8 cm³/mol. The maximum atomic E-state index is 11.3. The van der Waals surface area contributed by atoms with Gasteiger partial charge in [-0.2, -0.15) is 0 Å². The summed E-state index contributed by atoms with van der Waals surface area (Å²) in [5.41, 5.74) is 0.351. The van der Waals surface area contributed by atoms with Crippen molar-refractivity contribution in [2.24, 2.45) is 0 Å². The molecular formula is C13H17NO5. The van der Waals surface area contributed by atoms with Crippen LogP contribution in [0.2, 0.25) is 0 Å². The molecule has 0 rings (SSSR count). The number of rotatable bonds is 7. The third-order valence-electron chi connectivity index (χ3n) is 1.80. The summed E-state index contributed by atoms with van der Waals surface area (Å²) in [4.78, 5) is 33.7. The number of ether oxygens (including phenoxy) is 2. The van der Waals surface area contributed by atoms with Gasteiger partial charge in [0.15, 0.2) is 0 Å². The molecule has 1 unspecified atom stereocenters. The Morgan fingerprint density at radius 3 is 2.11 bits per heavy atom. The summed E-state index contributed by atoms with van der Waals surface area (Å²) < 4.78 is 9.69. The molecule has 0 spiro atoms. The molecule has 0 aromatic carbocycles. The van der Waals surface area contributed by atoms with Gasteiger partial charge in [0.2, 0.25) is 12.1 Å². The maximum Gasteiger partial charge on any atom is 0.335 e. The fraction of sp³-hybridized carbons (Fsp3) is 0.308. The lowest BCUT2D eigenvalue weighted by molar-refractivity contribution is -0.157. The number of nitrogens with one attached hydrogen (secondary N) is 1. The van der Waals surface area contributed by atoms with Crippen molar-refractivity contribution in [3.63, 3.8) is 0 Å². The van der Waals surface area contributed by atoms with Crippen molar-refractivity contribution < 1.29 is 23.9 Å². The van der Waals surface area contributed by atoms with Gasteiger partial charge in [0.1, 0.15) is 6.61 Å². The number of amides is 1. The van der Waals surface area contributed by atoms with Crippen LogP contribution in [0.15, 0.2) is 37.0 Å². The molecule has 0 aliphatic heterocycles. The highest BCUT2D eigenvalue weighted by molar-refractivity contribution is 5.89. The van der Waals surface area contributed by atoms with E-state index in [1.165, 1.54) is 13.8 Å². The van der Waals surface area contributed by atoms with Crippen LogP contribution in [-0.2, 0) is 23.9 Å². The molecule has 1 atom stereocenters. The van der Waals surface area contributed by atoms with Crippen LogP contribution < -0.4 is 5.32 Å². The minimum absolute atomic E-state index is 0.157. The van der Waals surface area contributed by atoms with Crippen molar-refractivity contribution in [3.05, 3.63) is 37.0 Å². The lowest BCUT2D eigenvalue weighted by Crippen LogP contribution is -2.41. The fourth-order valence-corrected chi connectivity index (χ4v) is 0.827. The third-order valence-corrected chi connectivity index (χ3v) is 1.80. The van der Waals surface area contributed by atoms with E-state index in [2.05, 4.69) is 25.1 Å². The molecule has 0 bridgehead atoms. The van der Waals surface area contributed by atoms with E-state index in [9.17, 15) is 14.4 Å². The lowest BCUT2D eigenvalue weighted by atomic mass is 10.3. The van der Waals surface area contributed by atoms with Crippen LogP contribution in [-0.4, -0.2) is 30.7 Å². The molecule has 0 radical (unpaired) electrons. The van der Waals surface area contributed by atoms with Crippen LogP contribution in [0.5, 0.6) is 0 Å². The van der Waals surface area contributed by atoms with Crippen molar-refractivity contribution in [2.75, 3.05) is 6.61 Å². The van der Waals surface area contributed by atoms with Gasteiger partial charge in [-0.3, -0.25) is 4.79 Å². The van der Waals surface area contributed by atoms with Crippen molar-refractivity contribution in [3.8, 4) is 0 Å². The van der Waals surface area contributed by atoms with Crippen LogP contribution in [0.25, 0.3) is 0 Å². The van der Waals surface area contributed by atoms with Gasteiger partial charge in [-0.25, -0.2) is 9.59 Å². The van der Waals surface area contributed by atoms with Crippen LogP contribution in [0.4, 0.5) is 0 Å². The fourth-order valence-electron chi connectivity index (χ4n) is 0.827. The molecule has 104 valence electrons. The molecule has 0 aliphatic rings. The van der Waals surface area contributed by atoms with Gasteiger partial charge in [0.05, 0.1) is 0 Å². The molecule has 6 heteroatoms. The highest BCUT2D eigenvalue weighted by Gasteiger charge is 2.18. The summed E-state index contributed by atoms with van der Waals surface area (Å²) >= 11 is 0. The van der Waals surface area contributed by atoms with Crippen LogP contribution in [0.3, 0.4) is 0 Å². The second-order valence-electron chi connectivity index (χ2n) is 3.77. The largest absolute Gasteiger partial charge is 0.456 e. The van der Waals surface area contributed by atoms with Crippen LogP contribution in [0, 0.1) is 0 Å². The SMILES string of the molecule is C=CC(=O)NC(COC(=O)C(=C)C)OC(=O)C(=C)C. The quantitative estimate of drug-likeness (QED) is 0.420. The van der Waals surface area contributed by atoms with Gasteiger partial charge in [-0.1, -0.05) is 19.7 Å². The Bertz CT molecular complexity index is 425. The first-order valence-corrected chi connectivity index (χ1v) is 5.40. The Morgan fingerprint density at radius 2 is 1.68 bits per heavy atom. The second-order valence-corrected chi connectivity index (χ2v) is 3.77. The van der Waals surface area contributed by atoms with Crippen molar-refractivity contribution >= 4 is 17.8 Å². The summed E-state index contributed by atoms with van der Waals surface area (Å²) in [5.74, 6) is -1.92. The Kier molecular flexibility index (Phi) is 6.88. The Balaban J connectivity index is 4.58. The summed E-state index contributed by atoms with van der Waals surface area (Å²) in [7, 11) is 0. The van der Waals surface area contributed by atoms with E-state index in [-0.39, 0.29) is 17.8 Å². The molecule has 1 amide bonds. The van der Waals surface area contributed by atoms with E-state index < -0.39 is 24.1 Å². The minimum atomic E-state index is -1.11. The van der Waals surface area contributed by atoms with Gasteiger partial charge < -0.3 is 14.8 Å². The van der Waals surface area contributed by atoms with Gasteiger partial charge in [0.25, 0.3) is 0 Å². The normalized spacial score (nSPS) is 10.8. The molecule has 6 nitrogen and oxygen atoms in total. The number of carbonyl (C=O) groups is 3. The molecule has 19 heavy (non-hydrogen) atoms. The minimum Gasteiger partial charge on any atom is -0.456 e. The standard InChI is InChI=1S/C13H17NO5/c1-6-10(15)14-11(19-13(17)9(4)5)7-18-12(16)8(2)3/h6,11H,1-2,4,7H2,3,5H3,(H,14,15). The van der Waals surface area contributed by atoms with Gasteiger partial charge in [-0.15, -0.1) is 0 Å². The highest BCUT2D eigenvalue weighted by Crippen LogP contribution is 2.00. The van der Waals surface area contributed by atoms with E-state index in [1.54, 1.807) is 0 Å². The topological polar surface area (TPSA) is 81.7 Å². The average Bonchev–Trinajstić information content (AvgIpc) is 2.34. The van der Waals surface area contributed by atoms with E-state index in [4.69, 9.17) is 9.47 Å². The number of esters is 2. The van der Waals surface area contributed by atoms with Crippen LogP contribution >= 0.6 is 0 Å². The van der Waals surface area contributed by atoms with Gasteiger partial charge in [-0.05, 0) is 19.9 Å². The van der Waals surface area contributed by atoms with Crippen molar-refractivity contribution in [1.29, 1.82) is 0 Å². The zero-order chi connectivity index (χ0) is 15.0. The van der Waals surface area contributed by atoms with Crippen molar-refractivity contribution in [2.45, 2.75) is 20.1 Å². The number of hydrogen-bond donors (Lipinski definition) is 1. The maximum absolute atomic E-state index is 11.3. The van der Waals surface area contributed by atoms with Gasteiger partial charge in [0, 0.05) is 11.1 Å². The first-order valence-electron chi connectivity index (χ1n) is 5.40. The highest BCUT2D eigenvalue weighted by atomic mass is 16.6. The molecular weight excluding hydrogens is 250 g/mol. The number of carbonyl (C=O) groups excluding carboxylic acids is 3. The summed E-state index contributed by atoms with van der Waals surface area (Å²) in [6.45, 7) is 12.7. The zero-order valence-corrected chi connectivity index (χ0v) is 11.0. The molecule has 0 fully saturated rings. The first-order chi connectivity index (χ1) is 8.77. The second kappa shape index (κ2) is 7.86. The summed E-state index contributed by atoms with van der Waals surface area (Å²) in [5, 5.41) is 2.30. The summed E-state index contributed by atoms with van der Waals surface area (Å²) in [6, 6.07) is 0. The third kappa shape index (κ3) is 6.82. The molecule has 0 heterocycles. The molecule has 0 saturated heterocycles. The molecule has 0 aliphatic carbocycles. The molecule has 0 aromatic rings. The van der Waals surface area contributed by atoms with Gasteiger partial charge >= 0.3 is 11.9 Å². The predicted octanol–water partition coefficient (Wildman–Crippen LogP) is 0.853. The van der Waals surface area contributed by atoms with E-state index >= 15 is 0 Å². The average molecular weight is 267 g/mol. The summed E-state index contributed by atoms with van der Waals surface area (Å²) in [6.07, 6.45) is -0.111. The lowest BCUT2D eigenvalue weighted by Gasteiger charge is -2.18. The van der Waals surface area contributed by atoms with Crippen molar-refractivity contribution in [1.82, 2.24) is 5.32 Å². The zero-order valence-electron chi connectivity index (χ0n) is 11.0. The smallest absolute Gasteiger partial charge is 0.335 e. The molecule has 1 N–H and O–H groups in total. The number of hydrogen-bond acceptors (Lipinski definition) is 5. The first kappa shape index (κ1) is 16.6. The van der Waals surface area contributed by atoms with E-state index in [1.807, 2.05) is 0 Å². The monoisotopic (exact) mass is 267 g/mol. The Labute approximate surface area is 111 Å². The molecule has 0 aromatic heterocycles. The molecule has 0 saturated carbocycles.